The maximum absolute atomic E-state index is 10.5. The van der Waals surface area contributed by atoms with Gasteiger partial charge in [0.15, 0.2) is 0 Å². The Bertz CT molecular complexity index is 655. The predicted molar refractivity (Wildman–Crippen MR) is 68.4 cm³/mol. The second kappa shape index (κ2) is 5.40. The number of rotatable bonds is 4. The SMILES string of the molecule is Nn1c(OCc2ccc([N+](=O)[O-])cc2)cnnc1=S. The molecular formula is C10H9N5O3S. The zero-order valence-corrected chi connectivity index (χ0v) is 10.4. The van der Waals surface area contributed by atoms with Crippen molar-refractivity contribution < 1.29 is 9.66 Å². The fourth-order valence-corrected chi connectivity index (χ4v) is 1.45. The molecule has 0 unspecified atom stereocenters. The summed E-state index contributed by atoms with van der Waals surface area (Å²) in [6, 6.07) is 6.00. The van der Waals surface area contributed by atoms with Crippen molar-refractivity contribution in [1.29, 1.82) is 0 Å². The Morgan fingerprint density at radius 3 is 2.74 bits per heavy atom. The van der Waals surface area contributed by atoms with Crippen molar-refractivity contribution in [3.8, 4) is 5.88 Å². The van der Waals surface area contributed by atoms with Gasteiger partial charge in [-0.3, -0.25) is 10.1 Å². The highest BCUT2D eigenvalue weighted by molar-refractivity contribution is 7.71. The maximum Gasteiger partial charge on any atom is 0.269 e. The number of benzene rings is 1. The Morgan fingerprint density at radius 1 is 1.42 bits per heavy atom. The van der Waals surface area contributed by atoms with E-state index in [4.69, 9.17) is 22.8 Å². The lowest BCUT2D eigenvalue weighted by Gasteiger charge is -2.08. The Morgan fingerprint density at radius 2 is 2.11 bits per heavy atom. The number of ether oxygens (including phenoxy) is 1. The van der Waals surface area contributed by atoms with E-state index in [1.165, 1.54) is 18.3 Å². The van der Waals surface area contributed by atoms with E-state index in [0.29, 0.717) is 0 Å². The minimum absolute atomic E-state index is 0.0241. The fraction of sp³-hybridized carbons (Fsp3) is 0.100. The molecule has 0 saturated heterocycles. The summed E-state index contributed by atoms with van der Waals surface area (Å²) in [7, 11) is 0. The molecule has 1 heterocycles. The highest BCUT2D eigenvalue weighted by Gasteiger charge is 2.05. The molecule has 0 fully saturated rings. The second-order valence-corrected chi connectivity index (χ2v) is 3.91. The van der Waals surface area contributed by atoms with Gasteiger partial charge in [0.1, 0.15) is 12.8 Å². The number of nitro benzene ring substituents is 1. The summed E-state index contributed by atoms with van der Waals surface area (Å²) >= 11 is 4.83. The molecule has 0 amide bonds. The summed E-state index contributed by atoms with van der Waals surface area (Å²) in [4.78, 5) is 10.0. The van der Waals surface area contributed by atoms with Crippen LogP contribution in [0.5, 0.6) is 5.88 Å². The van der Waals surface area contributed by atoms with Crippen LogP contribution < -0.4 is 10.6 Å². The number of nitrogens with two attached hydrogens (primary N) is 1. The van der Waals surface area contributed by atoms with Crippen LogP contribution in [0.1, 0.15) is 5.56 Å². The van der Waals surface area contributed by atoms with Gasteiger partial charge < -0.3 is 10.6 Å². The zero-order chi connectivity index (χ0) is 13.8. The zero-order valence-electron chi connectivity index (χ0n) is 9.59. The molecular weight excluding hydrogens is 270 g/mol. The number of aromatic nitrogens is 3. The lowest BCUT2D eigenvalue weighted by molar-refractivity contribution is -0.384. The first-order chi connectivity index (χ1) is 9.08. The van der Waals surface area contributed by atoms with Crippen molar-refractivity contribution in [3.05, 3.63) is 50.9 Å². The topological polar surface area (TPSA) is 109 Å². The molecule has 0 atom stereocenters. The lowest BCUT2D eigenvalue weighted by Crippen LogP contribution is -2.16. The lowest BCUT2D eigenvalue weighted by atomic mass is 10.2. The van der Waals surface area contributed by atoms with Crippen LogP contribution in [0.15, 0.2) is 30.5 Å². The summed E-state index contributed by atoms with van der Waals surface area (Å²) in [5, 5.41) is 17.7. The molecule has 0 aliphatic carbocycles. The highest BCUT2D eigenvalue weighted by atomic mass is 32.1. The standard InChI is InChI=1S/C10H9N5O3S/c11-14-9(5-12-13-10(14)19)18-6-7-1-3-8(4-2-7)15(16)17/h1-5H,6,11H2. The molecule has 0 spiro atoms. The molecule has 2 rings (SSSR count). The molecule has 9 heteroatoms. The fourth-order valence-electron chi connectivity index (χ4n) is 1.31. The van der Waals surface area contributed by atoms with Crippen LogP contribution in [0.4, 0.5) is 5.69 Å². The van der Waals surface area contributed by atoms with Gasteiger partial charge in [0.2, 0.25) is 10.7 Å². The summed E-state index contributed by atoms with van der Waals surface area (Å²) in [5.41, 5.74) is 0.782. The molecule has 0 saturated carbocycles. The van der Waals surface area contributed by atoms with Gasteiger partial charge in [-0.1, -0.05) is 0 Å². The first kappa shape index (κ1) is 12.9. The third-order valence-electron chi connectivity index (χ3n) is 2.29. The second-order valence-electron chi connectivity index (χ2n) is 3.55. The third kappa shape index (κ3) is 3.01. The molecule has 1 aromatic heterocycles. The van der Waals surface area contributed by atoms with Crippen LogP contribution in [0, 0.1) is 14.9 Å². The Kier molecular flexibility index (Phi) is 3.66. The van der Waals surface area contributed by atoms with E-state index in [2.05, 4.69) is 10.2 Å². The van der Waals surface area contributed by atoms with Crippen molar-refractivity contribution in [2.24, 2.45) is 0 Å². The smallest absolute Gasteiger partial charge is 0.269 e. The van der Waals surface area contributed by atoms with Crippen molar-refractivity contribution in [1.82, 2.24) is 14.9 Å². The molecule has 1 aromatic carbocycles. The normalized spacial score (nSPS) is 10.1. The maximum atomic E-state index is 10.5. The van der Waals surface area contributed by atoms with Gasteiger partial charge in [-0.05, 0) is 29.9 Å². The Balaban J connectivity index is 2.08. The number of non-ortho nitro benzene ring substituents is 1. The van der Waals surface area contributed by atoms with Crippen LogP contribution in [0.3, 0.4) is 0 Å². The van der Waals surface area contributed by atoms with E-state index >= 15 is 0 Å². The number of nitrogens with zero attached hydrogens (tertiary/aromatic N) is 4. The first-order valence-corrected chi connectivity index (χ1v) is 5.54. The van der Waals surface area contributed by atoms with E-state index in [9.17, 15) is 10.1 Å². The van der Waals surface area contributed by atoms with Crippen molar-refractivity contribution in [3.63, 3.8) is 0 Å². The number of hydrogen-bond acceptors (Lipinski definition) is 7. The van der Waals surface area contributed by atoms with E-state index in [1.807, 2.05) is 0 Å². The molecule has 2 aromatic rings. The molecule has 0 aliphatic heterocycles. The molecule has 0 aliphatic rings. The van der Waals surface area contributed by atoms with Gasteiger partial charge in [0.05, 0.1) is 4.92 Å². The molecule has 98 valence electrons. The van der Waals surface area contributed by atoms with Crippen LogP contribution in [0.25, 0.3) is 0 Å². The van der Waals surface area contributed by atoms with Crippen molar-refractivity contribution >= 4 is 17.9 Å². The van der Waals surface area contributed by atoms with E-state index in [0.717, 1.165) is 10.2 Å². The third-order valence-corrected chi connectivity index (χ3v) is 2.57. The van der Waals surface area contributed by atoms with Gasteiger partial charge in [-0.2, -0.15) is 9.77 Å². The number of hydrogen-bond donors (Lipinski definition) is 1. The van der Waals surface area contributed by atoms with Crippen LogP contribution in [-0.2, 0) is 6.61 Å². The summed E-state index contributed by atoms with van der Waals surface area (Å²) in [5.74, 6) is 5.87. The minimum Gasteiger partial charge on any atom is -0.472 e. The van der Waals surface area contributed by atoms with Gasteiger partial charge in [-0.15, -0.1) is 5.10 Å². The monoisotopic (exact) mass is 279 g/mol. The number of nitro groups is 1. The van der Waals surface area contributed by atoms with Gasteiger partial charge in [0, 0.05) is 12.1 Å². The Labute approximate surface area is 112 Å². The summed E-state index contributed by atoms with van der Waals surface area (Å²) in [6.07, 6.45) is 1.33. The van der Waals surface area contributed by atoms with Crippen LogP contribution >= 0.6 is 12.2 Å². The van der Waals surface area contributed by atoms with Crippen molar-refractivity contribution in [2.75, 3.05) is 5.84 Å². The molecule has 19 heavy (non-hydrogen) atoms. The van der Waals surface area contributed by atoms with Gasteiger partial charge in [0.25, 0.3) is 5.69 Å². The van der Waals surface area contributed by atoms with Crippen LogP contribution in [-0.4, -0.2) is 19.8 Å². The van der Waals surface area contributed by atoms with Crippen molar-refractivity contribution in [2.45, 2.75) is 6.61 Å². The molecule has 2 N–H and O–H groups in total. The molecule has 0 bridgehead atoms. The largest absolute Gasteiger partial charge is 0.472 e. The minimum atomic E-state index is -0.464. The summed E-state index contributed by atoms with van der Waals surface area (Å²) < 4.78 is 6.59. The van der Waals surface area contributed by atoms with E-state index < -0.39 is 4.92 Å². The first-order valence-electron chi connectivity index (χ1n) is 5.14. The van der Waals surface area contributed by atoms with Crippen LogP contribution in [0.2, 0.25) is 0 Å². The van der Waals surface area contributed by atoms with E-state index in [1.54, 1.807) is 12.1 Å². The average molecular weight is 279 g/mol. The molecule has 0 radical (unpaired) electrons. The van der Waals surface area contributed by atoms with Gasteiger partial charge >= 0.3 is 0 Å². The molecule has 8 nitrogen and oxygen atoms in total. The average Bonchev–Trinajstić information content (AvgIpc) is 2.41. The number of nitrogen functional groups attached to an aromatic ring is 1. The quantitative estimate of drug-likeness (QED) is 0.387. The van der Waals surface area contributed by atoms with Gasteiger partial charge in [-0.25, -0.2) is 0 Å². The Hall–Kier alpha value is -2.55. The predicted octanol–water partition coefficient (Wildman–Crippen LogP) is 1.21. The summed E-state index contributed by atoms with van der Waals surface area (Å²) in [6.45, 7) is 0.190. The van der Waals surface area contributed by atoms with E-state index in [-0.39, 0.29) is 22.9 Å². The highest BCUT2D eigenvalue weighted by Crippen LogP contribution is 2.14.